The first-order valence-electron chi connectivity index (χ1n) is 8.29. The molecule has 1 aliphatic heterocycles. The number of aromatic hydroxyl groups is 1. The number of nitrogens with zero attached hydrogens (tertiary/aromatic N) is 3. The Hall–Kier alpha value is -2.86. The van der Waals surface area contributed by atoms with Gasteiger partial charge in [-0.05, 0) is 30.2 Å². The maximum Gasteiger partial charge on any atom is 0.254 e. The van der Waals surface area contributed by atoms with Gasteiger partial charge in [-0.2, -0.15) is 5.10 Å². The number of hydrogen-bond acceptors (Lipinski definition) is 4. The van der Waals surface area contributed by atoms with Gasteiger partial charge in [0.05, 0.1) is 17.4 Å². The molecule has 2 aromatic carbocycles. The predicted octanol–water partition coefficient (Wildman–Crippen LogP) is 3.29. The average Bonchev–Trinajstić information content (AvgIpc) is 3.05. The third-order valence-corrected chi connectivity index (χ3v) is 5.00. The number of hydrogen-bond donors (Lipinski definition) is 1. The normalized spacial score (nSPS) is 17.9. The zero-order chi connectivity index (χ0) is 18.3. The Morgan fingerprint density at radius 3 is 2.73 bits per heavy atom. The monoisotopic (exact) mass is 369 g/mol. The summed E-state index contributed by atoms with van der Waals surface area (Å²) in [5.41, 5.74) is 1.33. The van der Waals surface area contributed by atoms with E-state index in [0.29, 0.717) is 22.3 Å². The third kappa shape index (κ3) is 2.82. The van der Waals surface area contributed by atoms with Gasteiger partial charge in [0.15, 0.2) is 0 Å². The standard InChI is InChI=1S/C19H16ClN3O3/c20-14-5-2-1-4-12(14)10-22-18(25)9-8-16(19(22)26)23-11-13-15(21-23)6-3-7-17(13)24/h1-7,11,16,24H,8-10H2. The number of fused-ring (bicyclic) bond motifs is 1. The third-order valence-electron chi connectivity index (χ3n) is 4.63. The van der Waals surface area contributed by atoms with Crippen LogP contribution >= 0.6 is 11.6 Å². The number of piperidine rings is 1. The van der Waals surface area contributed by atoms with Crippen molar-refractivity contribution in [2.45, 2.75) is 25.4 Å². The first-order valence-corrected chi connectivity index (χ1v) is 8.67. The van der Waals surface area contributed by atoms with E-state index in [1.807, 2.05) is 6.07 Å². The Morgan fingerprint density at radius 2 is 1.96 bits per heavy atom. The van der Waals surface area contributed by atoms with E-state index in [-0.39, 0.29) is 30.5 Å². The van der Waals surface area contributed by atoms with Gasteiger partial charge in [0, 0.05) is 17.6 Å². The predicted molar refractivity (Wildman–Crippen MR) is 96.7 cm³/mol. The molecule has 1 N–H and O–H groups in total. The van der Waals surface area contributed by atoms with Crippen LogP contribution in [0.25, 0.3) is 10.9 Å². The molecule has 1 atom stereocenters. The van der Waals surface area contributed by atoms with Crippen molar-refractivity contribution in [3.8, 4) is 5.75 Å². The molecule has 6 nitrogen and oxygen atoms in total. The van der Waals surface area contributed by atoms with Crippen LogP contribution in [0.5, 0.6) is 5.75 Å². The van der Waals surface area contributed by atoms with Crippen molar-refractivity contribution in [2.24, 2.45) is 0 Å². The minimum Gasteiger partial charge on any atom is -0.507 e. The van der Waals surface area contributed by atoms with Crippen LogP contribution in [0, 0.1) is 0 Å². The van der Waals surface area contributed by atoms with E-state index in [0.717, 1.165) is 5.56 Å². The maximum atomic E-state index is 13.0. The molecule has 26 heavy (non-hydrogen) atoms. The van der Waals surface area contributed by atoms with E-state index in [1.165, 1.54) is 4.90 Å². The largest absolute Gasteiger partial charge is 0.507 e. The number of carbonyl (C=O) groups is 2. The summed E-state index contributed by atoms with van der Waals surface area (Å²) in [6, 6.07) is 11.6. The van der Waals surface area contributed by atoms with Crippen molar-refractivity contribution < 1.29 is 14.7 Å². The van der Waals surface area contributed by atoms with Crippen molar-refractivity contribution in [2.75, 3.05) is 0 Å². The summed E-state index contributed by atoms with van der Waals surface area (Å²) < 4.78 is 1.54. The van der Waals surface area contributed by atoms with Crippen LogP contribution in [0.3, 0.4) is 0 Å². The molecule has 4 rings (SSSR count). The van der Waals surface area contributed by atoms with E-state index in [4.69, 9.17) is 11.6 Å². The van der Waals surface area contributed by atoms with Crippen molar-refractivity contribution in [3.05, 3.63) is 59.2 Å². The molecule has 1 aromatic heterocycles. The molecule has 0 spiro atoms. The molecule has 1 unspecified atom stereocenters. The molecule has 1 aliphatic rings. The van der Waals surface area contributed by atoms with Gasteiger partial charge in [0.2, 0.25) is 5.91 Å². The summed E-state index contributed by atoms with van der Waals surface area (Å²) in [6.45, 7) is 0.139. The van der Waals surface area contributed by atoms with Gasteiger partial charge in [-0.15, -0.1) is 0 Å². The van der Waals surface area contributed by atoms with Crippen LogP contribution in [-0.2, 0) is 16.1 Å². The Bertz CT molecular complexity index is 1010. The molecule has 0 saturated carbocycles. The van der Waals surface area contributed by atoms with Crippen LogP contribution in [0.4, 0.5) is 0 Å². The summed E-state index contributed by atoms with van der Waals surface area (Å²) in [7, 11) is 0. The van der Waals surface area contributed by atoms with Crippen LogP contribution < -0.4 is 0 Å². The van der Waals surface area contributed by atoms with Gasteiger partial charge in [0.25, 0.3) is 5.91 Å². The van der Waals surface area contributed by atoms with E-state index in [2.05, 4.69) is 5.10 Å². The van der Waals surface area contributed by atoms with Gasteiger partial charge in [-0.1, -0.05) is 35.9 Å². The van der Waals surface area contributed by atoms with Crippen molar-refractivity contribution in [1.82, 2.24) is 14.7 Å². The van der Waals surface area contributed by atoms with Crippen LogP contribution in [0.2, 0.25) is 5.02 Å². The highest BCUT2D eigenvalue weighted by Crippen LogP contribution is 2.30. The zero-order valence-electron chi connectivity index (χ0n) is 13.8. The lowest BCUT2D eigenvalue weighted by molar-refractivity contribution is -0.152. The average molecular weight is 370 g/mol. The molecular weight excluding hydrogens is 354 g/mol. The van der Waals surface area contributed by atoms with Crippen LogP contribution in [0.15, 0.2) is 48.7 Å². The van der Waals surface area contributed by atoms with Gasteiger partial charge >= 0.3 is 0 Å². The Morgan fingerprint density at radius 1 is 1.15 bits per heavy atom. The number of phenols is 1. The quantitative estimate of drug-likeness (QED) is 0.719. The summed E-state index contributed by atoms with van der Waals surface area (Å²) in [6.07, 6.45) is 2.28. The molecule has 1 fully saturated rings. The van der Waals surface area contributed by atoms with Gasteiger partial charge in [-0.25, -0.2) is 0 Å². The van der Waals surface area contributed by atoms with E-state index in [9.17, 15) is 14.7 Å². The number of halogens is 1. The van der Waals surface area contributed by atoms with E-state index >= 15 is 0 Å². The second-order valence-electron chi connectivity index (χ2n) is 6.28. The second-order valence-corrected chi connectivity index (χ2v) is 6.69. The molecule has 132 valence electrons. The lowest BCUT2D eigenvalue weighted by Crippen LogP contribution is -2.45. The summed E-state index contributed by atoms with van der Waals surface area (Å²) in [5.74, 6) is -0.416. The van der Waals surface area contributed by atoms with Crippen molar-refractivity contribution in [3.63, 3.8) is 0 Å². The van der Waals surface area contributed by atoms with E-state index < -0.39 is 6.04 Å². The highest BCUT2D eigenvalue weighted by atomic mass is 35.5. The molecule has 1 saturated heterocycles. The van der Waals surface area contributed by atoms with Gasteiger partial charge < -0.3 is 5.11 Å². The smallest absolute Gasteiger partial charge is 0.254 e. The topological polar surface area (TPSA) is 75.4 Å². The SMILES string of the molecule is O=C1CCC(n2cc3c(O)cccc3n2)C(=O)N1Cc1ccccc1Cl. The number of likely N-dealkylation sites (tertiary alicyclic amines) is 1. The number of imide groups is 1. The Labute approximate surface area is 154 Å². The minimum absolute atomic E-state index is 0.112. The molecule has 3 aromatic rings. The highest BCUT2D eigenvalue weighted by molar-refractivity contribution is 6.31. The number of amides is 2. The molecule has 2 amide bonds. The molecule has 0 bridgehead atoms. The van der Waals surface area contributed by atoms with Crippen molar-refractivity contribution in [1.29, 1.82) is 0 Å². The van der Waals surface area contributed by atoms with Crippen molar-refractivity contribution >= 4 is 34.3 Å². The lowest BCUT2D eigenvalue weighted by Gasteiger charge is -2.31. The minimum atomic E-state index is -0.581. The fourth-order valence-corrected chi connectivity index (χ4v) is 3.43. The fourth-order valence-electron chi connectivity index (χ4n) is 3.24. The first-order chi connectivity index (χ1) is 12.5. The molecule has 0 radical (unpaired) electrons. The van der Waals surface area contributed by atoms with Crippen LogP contribution in [0.1, 0.15) is 24.4 Å². The van der Waals surface area contributed by atoms with Gasteiger partial charge in [-0.3, -0.25) is 19.2 Å². The number of benzene rings is 2. The van der Waals surface area contributed by atoms with Gasteiger partial charge in [0.1, 0.15) is 11.8 Å². The number of phenolic OH excluding ortho intramolecular Hbond substituents is 1. The lowest BCUT2D eigenvalue weighted by atomic mass is 10.0. The maximum absolute atomic E-state index is 13.0. The highest BCUT2D eigenvalue weighted by Gasteiger charge is 2.36. The second kappa shape index (κ2) is 6.46. The van der Waals surface area contributed by atoms with E-state index in [1.54, 1.807) is 47.3 Å². The van der Waals surface area contributed by atoms with Crippen LogP contribution in [-0.4, -0.2) is 31.6 Å². The molecule has 0 aliphatic carbocycles. The number of carbonyl (C=O) groups excluding carboxylic acids is 2. The molecular formula is C19H16ClN3O3. The molecule has 2 heterocycles. The molecule has 7 heteroatoms. The Balaban J connectivity index is 1.65. The summed E-state index contributed by atoms with van der Waals surface area (Å²) in [4.78, 5) is 26.5. The number of rotatable bonds is 3. The fraction of sp³-hybridized carbons (Fsp3) is 0.211. The first kappa shape index (κ1) is 16.6. The number of aromatic nitrogens is 2. The summed E-state index contributed by atoms with van der Waals surface area (Å²) >= 11 is 6.17. The zero-order valence-corrected chi connectivity index (χ0v) is 14.6. The summed E-state index contributed by atoms with van der Waals surface area (Å²) in [5, 5.41) is 15.5. The Kier molecular flexibility index (Phi) is 4.12.